The van der Waals surface area contributed by atoms with E-state index >= 15 is 0 Å². The second kappa shape index (κ2) is 8.39. The standard InChI is InChI=1S/C21H19N2O5/c1-3-11-28-20(25)18-17-13(7-6-10-16(17)24)12-22-19(18)14-8-4-5-9-15(14)23-21(26)27-2/h3-9,12,19H,1,10-11H2,2H3,(H,23,26). The zero-order valence-electron chi connectivity index (χ0n) is 15.3. The number of Topliss-reactive ketones (excluding diaryl/α,β-unsaturated/α-hetero) is 1. The molecule has 0 spiro atoms. The maximum Gasteiger partial charge on any atom is 0.411 e. The molecule has 1 heterocycles. The number of para-hydroxylation sites is 1. The highest BCUT2D eigenvalue weighted by molar-refractivity contribution is 6.10. The number of methoxy groups -OCH3 is 1. The van der Waals surface area contributed by atoms with E-state index < -0.39 is 18.1 Å². The van der Waals surface area contributed by atoms with E-state index in [4.69, 9.17) is 4.74 Å². The van der Waals surface area contributed by atoms with Gasteiger partial charge in [-0.2, -0.15) is 0 Å². The maximum atomic E-state index is 12.8. The van der Waals surface area contributed by atoms with Crippen LogP contribution in [0.15, 0.2) is 72.0 Å². The minimum absolute atomic E-state index is 0.00741. The van der Waals surface area contributed by atoms with Crippen molar-refractivity contribution in [2.75, 3.05) is 19.0 Å². The van der Waals surface area contributed by atoms with Crippen molar-refractivity contribution >= 4 is 23.5 Å². The van der Waals surface area contributed by atoms with Crippen molar-refractivity contribution < 1.29 is 23.9 Å². The second-order valence-electron chi connectivity index (χ2n) is 6.05. The van der Waals surface area contributed by atoms with Crippen LogP contribution in [0.4, 0.5) is 10.5 Å². The molecule has 0 saturated carbocycles. The Morgan fingerprint density at radius 1 is 1.36 bits per heavy atom. The van der Waals surface area contributed by atoms with Crippen LogP contribution in [0.2, 0.25) is 0 Å². The number of carbonyl (C=O) groups excluding carboxylic acids is 3. The number of carbonyl (C=O) groups is 3. The van der Waals surface area contributed by atoms with Crippen LogP contribution in [0, 0.1) is 0 Å². The molecule has 1 unspecified atom stereocenters. The lowest BCUT2D eigenvalue weighted by molar-refractivity contribution is -0.138. The Morgan fingerprint density at radius 2 is 2.14 bits per heavy atom. The quantitative estimate of drug-likeness (QED) is 0.627. The van der Waals surface area contributed by atoms with Crippen molar-refractivity contribution in [3.05, 3.63) is 77.6 Å². The number of nitrogens with one attached hydrogen (secondary N) is 1. The van der Waals surface area contributed by atoms with E-state index in [0.717, 1.165) is 0 Å². The lowest BCUT2D eigenvalue weighted by Crippen LogP contribution is -2.30. The van der Waals surface area contributed by atoms with Gasteiger partial charge in [-0.3, -0.25) is 15.4 Å². The third-order valence-electron chi connectivity index (χ3n) is 4.30. The van der Waals surface area contributed by atoms with Gasteiger partial charge in [0.1, 0.15) is 12.6 Å². The summed E-state index contributed by atoms with van der Waals surface area (Å²) in [6.45, 7) is 3.55. The third kappa shape index (κ3) is 3.73. The molecule has 143 valence electrons. The molecule has 7 heteroatoms. The van der Waals surface area contributed by atoms with Gasteiger partial charge >= 0.3 is 12.1 Å². The van der Waals surface area contributed by atoms with Gasteiger partial charge in [0.2, 0.25) is 0 Å². The molecule has 7 nitrogen and oxygen atoms in total. The van der Waals surface area contributed by atoms with Crippen molar-refractivity contribution in [3.63, 3.8) is 0 Å². The van der Waals surface area contributed by atoms with Gasteiger partial charge < -0.3 is 9.47 Å². The minimum atomic E-state index is -0.806. The number of amides is 1. The summed E-state index contributed by atoms with van der Waals surface area (Å²) < 4.78 is 9.89. The maximum absolute atomic E-state index is 12.8. The summed E-state index contributed by atoms with van der Waals surface area (Å²) in [5.74, 6) is -0.830. The molecule has 1 aromatic carbocycles. The number of anilines is 1. The number of hydrogen-bond acceptors (Lipinski definition) is 5. The number of ketones is 1. The third-order valence-corrected chi connectivity index (χ3v) is 4.30. The van der Waals surface area contributed by atoms with Gasteiger partial charge in [-0.25, -0.2) is 9.59 Å². The first-order valence-electron chi connectivity index (χ1n) is 8.63. The fraction of sp³-hybridized carbons (Fsp3) is 0.190. The molecule has 1 radical (unpaired) electrons. The van der Waals surface area contributed by atoms with Crippen LogP contribution in [0.3, 0.4) is 0 Å². The zero-order valence-corrected chi connectivity index (χ0v) is 15.3. The monoisotopic (exact) mass is 379 g/mol. The average Bonchev–Trinajstić information content (AvgIpc) is 2.72. The van der Waals surface area contributed by atoms with Crippen LogP contribution in [0.1, 0.15) is 18.0 Å². The van der Waals surface area contributed by atoms with Crippen molar-refractivity contribution in [2.24, 2.45) is 0 Å². The Balaban J connectivity index is 2.11. The van der Waals surface area contributed by atoms with Crippen molar-refractivity contribution in [3.8, 4) is 0 Å². The van der Waals surface area contributed by atoms with E-state index in [1.165, 1.54) is 13.2 Å². The lowest BCUT2D eigenvalue weighted by atomic mass is 9.83. The van der Waals surface area contributed by atoms with E-state index in [1.807, 2.05) is 0 Å². The van der Waals surface area contributed by atoms with Gasteiger partial charge in [-0.15, -0.1) is 0 Å². The van der Waals surface area contributed by atoms with E-state index in [2.05, 4.69) is 21.9 Å². The zero-order chi connectivity index (χ0) is 20.1. The molecule has 0 fully saturated rings. The average molecular weight is 379 g/mol. The molecule has 3 rings (SSSR count). The topological polar surface area (TPSA) is 95.8 Å². The minimum Gasteiger partial charge on any atom is -0.458 e. The van der Waals surface area contributed by atoms with Crippen LogP contribution in [0.25, 0.3) is 0 Å². The van der Waals surface area contributed by atoms with Crippen molar-refractivity contribution in [2.45, 2.75) is 12.5 Å². The van der Waals surface area contributed by atoms with Gasteiger partial charge in [0.05, 0.1) is 12.7 Å². The predicted molar refractivity (Wildman–Crippen MR) is 102 cm³/mol. The Labute approximate surface area is 162 Å². The first kappa shape index (κ1) is 19.2. The van der Waals surface area contributed by atoms with Crippen LogP contribution >= 0.6 is 0 Å². The number of esters is 1. The molecule has 1 N–H and O–H groups in total. The van der Waals surface area contributed by atoms with Gasteiger partial charge in [0.25, 0.3) is 0 Å². The number of allylic oxidation sites excluding steroid dienone is 4. The number of ether oxygens (including phenoxy) is 2. The molecule has 1 aliphatic heterocycles. The molecule has 1 aromatic rings. The van der Waals surface area contributed by atoms with Gasteiger partial charge in [-0.1, -0.05) is 43.0 Å². The van der Waals surface area contributed by atoms with Crippen LogP contribution in [-0.4, -0.2) is 31.6 Å². The first-order valence-corrected chi connectivity index (χ1v) is 8.63. The molecule has 28 heavy (non-hydrogen) atoms. The lowest BCUT2D eigenvalue weighted by Gasteiger charge is -2.28. The summed E-state index contributed by atoms with van der Waals surface area (Å²) >= 11 is 0. The Kier molecular flexibility index (Phi) is 5.74. The Morgan fingerprint density at radius 3 is 2.89 bits per heavy atom. The second-order valence-corrected chi connectivity index (χ2v) is 6.05. The smallest absolute Gasteiger partial charge is 0.411 e. The Bertz CT molecular complexity index is 926. The largest absolute Gasteiger partial charge is 0.458 e. The van der Waals surface area contributed by atoms with Crippen LogP contribution < -0.4 is 10.6 Å². The predicted octanol–water partition coefficient (Wildman–Crippen LogP) is 2.96. The summed E-state index contributed by atoms with van der Waals surface area (Å²) in [6.07, 6.45) is 6.04. The fourth-order valence-electron chi connectivity index (χ4n) is 3.09. The summed E-state index contributed by atoms with van der Waals surface area (Å²) in [6, 6.07) is 6.08. The number of hydrogen-bond donors (Lipinski definition) is 1. The summed E-state index contributed by atoms with van der Waals surface area (Å²) in [4.78, 5) is 37.1. The summed E-state index contributed by atoms with van der Waals surface area (Å²) in [5, 5.41) is 7.09. The summed E-state index contributed by atoms with van der Waals surface area (Å²) in [5.41, 5.74) is 1.98. The van der Waals surface area contributed by atoms with Gasteiger partial charge in [0.15, 0.2) is 5.78 Å². The SMILES string of the molecule is C=CCOC(=O)C1=C2C(=O)CC=CC2=C[N]C1c1ccccc1NC(=O)OC. The molecule has 0 saturated heterocycles. The molecule has 0 bridgehead atoms. The molecule has 2 aliphatic rings. The molecule has 1 atom stereocenters. The van der Waals surface area contributed by atoms with E-state index in [9.17, 15) is 14.4 Å². The van der Waals surface area contributed by atoms with Crippen LogP contribution in [-0.2, 0) is 19.1 Å². The van der Waals surface area contributed by atoms with E-state index in [0.29, 0.717) is 22.4 Å². The molecular formula is C21H19N2O5. The van der Waals surface area contributed by atoms with E-state index in [1.54, 1.807) is 42.6 Å². The van der Waals surface area contributed by atoms with Crippen molar-refractivity contribution in [1.29, 1.82) is 0 Å². The van der Waals surface area contributed by atoms with Gasteiger partial charge in [-0.05, 0) is 6.07 Å². The first-order chi connectivity index (χ1) is 13.6. The van der Waals surface area contributed by atoms with Crippen molar-refractivity contribution in [1.82, 2.24) is 5.32 Å². The fourth-order valence-corrected chi connectivity index (χ4v) is 3.09. The molecular weight excluding hydrogens is 360 g/mol. The van der Waals surface area contributed by atoms with Gasteiger partial charge in [0, 0.05) is 35.0 Å². The molecule has 1 aliphatic carbocycles. The Hall–Kier alpha value is -3.61. The highest BCUT2D eigenvalue weighted by Crippen LogP contribution is 2.38. The number of rotatable bonds is 5. The van der Waals surface area contributed by atoms with E-state index in [-0.39, 0.29) is 24.4 Å². The highest BCUT2D eigenvalue weighted by Gasteiger charge is 2.36. The number of benzene rings is 1. The number of nitrogens with zero attached hydrogens (tertiary/aromatic N) is 1. The normalized spacial score (nSPS) is 17.8. The highest BCUT2D eigenvalue weighted by atomic mass is 16.5. The number of fused-ring (bicyclic) bond motifs is 1. The molecule has 1 amide bonds. The summed E-state index contributed by atoms with van der Waals surface area (Å²) in [7, 11) is 1.25. The van der Waals surface area contributed by atoms with Crippen LogP contribution in [0.5, 0.6) is 0 Å². The molecule has 0 aromatic heterocycles.